The number of fused-ring (bicyclic) bond motifs is 1. The summed E-state index contributed by atoms with van der Waals surface area (Å²) >= 11 is 0. The Morgan fingerprint density at radius 2 is 1.78 bits per heavy atom. The van der Waals surface area contributed by atoms with Gasteiger partial charge < -0.3 is 14.4 Å². The maximum atomic E-state index is 14.0. The summed E-state index contributed by atoms with van der Waals surface area (Å²) in [6.45, 7) is 11.1. The van der Waals surface area contributed by atoms with Gasteiger partial charge in [-0.25, -0.2) is 4.79 Å². The summed E-state index contributed by atoms with van der Waals surface area (Å²) in [4.78, 5) is 27.5. The number of amides is 1. The van der Waals surface area contributed by atoms with Crippen LogP contribution in [0.15, 0.2) is 54.6 Å². The number of carbonyl (C=O) groups is 2. The van der Waals surface area contributed by atoms with Crippen molar-refractivity contribution in [2.45, 2.75) is 77.8 Å². The smallest absolute Gasteiger partial charge is 0.419 e. The number of alkyl halides is 3. The van der Waals surface area contributed by atoms with Crippen LogP contribution in [0, 0.1) is 0 Å². The number of allylic oxidation sites excluding steroid dienone is 1. The van der Waals surface area contributed by atoms with Gasteiger partial charge in [-0.1, -0.05) is 50.3 Å². The van der Waals surface area contributed by atoms with Gasteiger partial charge in [0.25, 0.3) is 0 Å². The molecule has 0 saturated heterocycles. The molecule has 0 aliphatic carbocycles. The van der Waals surface area contributed by atoms with Gasteiger partial charge in [0.2, 0.25) is 0 Å². The Morgan fingerprint density at radius 1 is 1.11 bits per heavy atom. The zero-order valence-corrected chi connectivity index (χ0v) is 21.8. The summed E-state index contributed by atoms with van der Waals surface area (Å²) in [5.74, 6) is -0.578. The van der Waals surface area contributed by atoms with E-state index in [1.165, 1.54) is 11.0 Å². The van der Waals surface area contributed by atoms with Crippen LogP contribution in [0.4, 0.5) is 18.0 Å². The standard InChI is InChI=1S/C29H34F3NO4/c1-6-10-19(2)25(34)17-24-22-16-26(36-18-20-11-8-7-9-12-20)23(29(30,31)32)15-21(22)13-14-33(24)27(35)37-28(3,4)5/h7-9,11-12,15-16,24H,2,6,10,13-14,17-18H2,1,3-5H3/t24-/m1/s1. The topological polar surface area (TPSA) is 55.8 Å². The van der Waals surface area contributed by atoms with Crippen LogP contribution in [-0.4, -0.2) is 28.9 Å². The maximum absolute atomic E-state index is 14.0. The molecular formula is C29H34F3NO4. The van der Waals surface area contributed by atoms with E-state index in [1.807, 2.05) is 13.0 Å². The van der Waals surface area contributed by atoms with Crippen molar-refractivity contribution in [1.82, 2.24) is 4.90 Å². The molecule has 0 spiro atoms. The van der Waals surface area contributed by atoms with E-state index in [0.29, 0.717) is 28.7 Å². The number of nitrogens with zero attached hydrogens (tertiary/aromatic N) is 1. The lowest BCUT2D eigenvalue weighted by Gasteiger charge is -2.38. The third-order valence-corrected chi connectivity index (χ3v) is 6.09. The molecule has 200 valence electrons. The third kappa shape index (κ3) is 7.37. The Balaban J connectivity index is 2.05. The molecule has 5 nitrogen and oxygen atoms in total. The highest BCUT2D eigenvalue weighted by atomic mass is 19.4. The molecule has 1 heterocycles. The number of hydrogen-bond acceptors (Lipinski definition) is 4. The van der Waals surface area contributed by atoms with E-state index in [-0.39, 0.29) is 37.5 Å². The molecule has 2 aromatic rings. The SMILES string of the molecule is C=C(CCC)C(=O)C[C@@H]1c2cc(OCc3ccccc3)c(C(F)(F)F)cc2CCN1C(=O)OC(C)(C)C. The monoisotopic (exact) mass is 517 g/mol. The predicted octanol–water partition coefficient (Wildman–Crippen LogP) is 7.43. The molecule has 37 heavy (non-hydrogen) atoms. The molecule has 3 rings (SSSR count). The molecule has 0 N–H and O–H groups in total. The van der Waals surface area contributed by atoms with Crippen LogP contribution in [0.25, 0.3) is 0 Å². The predicted molar refractivity (Wildman–Crippen MR) is 135 cm³/mol. The van der Waals surface area contributed by atoms with Gasteiger partial charge in [-0.3, -0.25) is 4.79 Å². The summed E-state index contributed by atoms with van der Waals surface area (Å²) in [5.41, 5.74) is 0.358. The average molecular weight is 518 g/mol. The Morgan fingerprint density at radius 3 is 2.38 bits per heavy atom. The van der Waals surface area contributed by atoms with Gasteiger partial charge in [-0.05, 0) is 68.0 Å². The molecule has 8 heteroatoms. The van der Waals surface area contributed by atoms with Crippen molar-refractivity contribution in [2.75, 3.05) is 6.54 Å². The highest BCUT2D eigenvalue weighted by Crippen LogP contribution is 2.43. The summed E-state index contributed by atoms with van der Waals surface area (Å²) < 4.78 is 53.2. The van der Waals surface area contributed by atoms with Crippen molar-refractivity contribution in [3.63, 3.8) is 0 Å². The number of halogens is 3. The Hall–Kier alpha value is -3.29. The van der Waals surface area contributed by atoms with Crippen molar-refractivity contribution < 1.29 is 32.2 Å². The number of ether oxygens (including phenoxy) is 2. The molecular weight excluding hydrogens is 483 g/mol. The fourth-order valence-electron chi connectivity index (χ4n) is 4.33. The normalized spacial score (nSPS) is 15.6. The van der Waals surface area contributed by atoms with Gasteiger partial charge in [-0.2, -0.15) is 13.2 Å². The Kier molecular flexibility index (Phi) is 8.72. The van der Waals surface area contributed by atoms with Crippen molar-refractivity contribution in [1.29, 1.82) is 0 Å². The summed E-state index contributed by atoms with van der Waals surface area (Å²) in [6, 6.07) is 10.5. The summed E-state index contributed by atoms with van der Waals surface area (Å²) in [6.07, 6.45) is -3.93. The van der Waals surface area contributed by atoms with Crippen LogP contribution in [0.2, 0.25) is 0 Å². The number of rotatable bonds is 8. The molecule has 0 saturated carbocycles. The number of benzene rings is 2. The van der Waals surface area contributed by atoms with Gasteiger partial charge in [0.05, 0.1) is 11.6 Å². The lowest BCUT2D eigenvalue weighted by atomic mass is 9.86. The third-order valence-electron chi connectivity index (χ3n) is 6.09. The second-order valence-electron chi connectivity index (χ2n) is 10.2. The van der Waals surface area contributed by atoms with Crippen LogP contribution in [0.3, 0.4) is 0 Å². The van der Waals surface area contributed by atoms with Crippen molar-refractivity contribution in [3.8, 4) is 5.75 Å². The van der Waals surface area contributed by atoms with Crippen LogP contribution >= 0.6 is 0 Å². The Bertz CT molecular complexity index is 1140. The first-order chi connectivity index (χ1) is 17.3. The molecule has 0 radical (unpaired) electrons. The van der Waals surface area contributed by atoms with E-state index in [1.54, 1.807) is 45.0 Å². The summed E-state index contributed by atoms with van der Waals surface area (Å²) in [5, 5.41) is 0. The van der Waals surface area contributed by atoms with Crippen molar-refractivity contribution in [3.05, 3.63) is 76.9 Å². The van der Waals surface area contributed by atoms with Crippen LogP contribution < -0.4 is 4.74 Å². The molecule has 0 fully saturated rings. The average Bonchev–Trinajstić information content (AvgIpc) is 2.81. The number of ketones is 1. The van der Waals surface area contributed by atoms with Crippen molar-refractivity contribution >= 4 is 11.9 Å². The van der Waals surface area contributed by atoms with Gasteiger partial charge in [0.1, 0.15) is 18.0 Å². The minimum absolute atomic E-state index is 0.0601. The first-order valence-corrected chi connectivity index (χ1v) is 12.4. The van der Waals surface area contributed by atoms with E-state index in [4.69, 9.17) is 9.47 Å². The quantitative estimate of drug-likeness (QED) is 0.342. The first-order valence-electron chi connectivity index (χ1n) is 12.4. The maximum Gasteiger partial charge on any atom is 0.419 e. The van der Waals surface area contributed by atoms with E-state index in [2.05, 4.69) is 6.58 Å². The second kappa shape index (κ2) is 11.4. The molecule has 0 aromatic heterocycles. The highest BCUT2D eigenvalue weighted by molar-refractivity contribution is 5.95. The number of carbonyl (C=O) groups excluding carboxylic acids is 2. The second-order valence-corrected chi connectivity index (χ2v) is 10.2. The summed E-state index contributed by atoms with van der Waals surface area (Å²) in [7, 11) is 0. The van der Waals surface area contributed by atoms with E-state index in [9.17, 15) is 22.8 Å². The fourth-order valence-corrected chi connectivity index (χ4v) is 4.33. The fraction of sp³-hybridized carbons (Fsp3) is 0.448. The minimum Gasteiger partial charge on any atom is -0.488 e. The van der Waals surface area contributed by atoms with Crippen LogP contribution in [0.5, 0.6) is 5.75 Å². The molecule has 1 aliphatic rings. The zero-order chi connectivity index (χ0) is 27.4. The molecule has 2 aromatic carbocycles. The zero-order valence-electron chi connectivity index (χ0n) is 21.8. The van der Waals surface area contributed by atoms with Gasteiger partial charge >= 0.3 is 12.3 Å². The van der Waals surface area contributed by atoms with Gasteiger partial charge in [0, 0.05) is 13.0 Å². The van der Waals surface area contributed by atoms with Crippen LogP contribution in [-0.2, 0) is 28.7 Å². The minimum atomic E-state index is -4.63. The lowest BCUT2D eigenvalue weighted by Crippen LogP contribution is -2.44. The molecule has 1 atom stereocenters. The number of Topliss-reactive ketones (excluding diaryl/α,β-unsaturated/α-hetero) is 1. The molecule has 0 bridgehead atoms. The largest absolute Gasteiger partial charge is 0.488 e. The molecule has 1 aliphatic heterocycles. The highest BCUT2D eigenvalue weighted by Gasteiger charge is 2.40. The Labute approximate surface area is 216 Å². The van der Waals surface area contributed by atoms with E-state index < -0.39 is 29.5 Å². The molecule has 0 unspecified atom stereocenters. The van der Waals surface area contributed by atoms with Crippen molar-refractivity contribution in [2.24, 2.45) is 0 Å². The van der Waals surface area contributed by atoms with Gasteiger partial charge in [0.15, 0.2) is 5.78 Å². The van der Waals surface area contributed by atoms with E-state index in [0.717, 1.165) is 12.5 Å². The van der Waals surface area contributed by atoms with E-state index >= 15 is 0 Å². The lowest BCUT2D eigenvalue weighted by molar-refractivity contribution is -0.139. The molecule has 1 amide bonds. The first kappa shape index (κ1) is 28.3. The number of hydrogen-bond donors (Lipinski definition) is 0. The van der Waals surface area contributed by atoms with Gasteiger partial charge in [-0.15, -0.1) is 0 Å². The van der Waals surface area contributed by atoms with Crippen LogP contribution in [0.1, 0.15) is 75.3 Å².